The minimum atomic E-state index is -0.198. The molecule has 0 saturated heterocycles. The maximum Gasteiger partial charge on any atom is 0.189 e. The first kappa shape index (κ1) is 12.1. The third-order valence-corrected chi connectivity index (χ3v) is 2.65. The lowest BCUT2D eigenvalue weighted by Gasteiger charge is -2.01. The zero-order valence-corrected chi connectivity index (χ0v) is 10.1. The van der Waals surface area contributed by atoms with E-state index in [1.54, 1.807) is 18.2 Å². The summed E-state index contributed by atoms with van der Waals surface area (Å²) in [6.07, 6.45) is 3.21. The summed E-state index contributed by atoms with van der Waals surface area (Å²) in [6.45, 7) is 1.87. The molecule has 90 valence electrons. The van der Waals surface area contributed by atoms with Gasteiger partial charge in [-0.2, -0.15) is 0 Å². The molecule has 0 bridgehead atoms. The zero-order valence-electron chi connectivity index (χ0n) is 10.1. The number of hydrogen-bond acceptors (Lipinski definition) is 2. The van der Waals surface area contributed by atoms with E-state index in [1.807, 2.05) is 43.3 Å². The minimum absolute atomic E-state index is 0.0257. The molecular formula is C16H14O2. The van der Waals surface area contributed by atoms with Gasteiger partial charge in [0, 0.05) is 0 Å². The summed E-state index contributed by atoms with van der Waals surface area (Å²) in [5, 5.41) is 9.70. The molecule has 0 aromatic heterocycles. The van der Waals surface area contributed by atoms with Crippen LogP contribution >= 0.6 is 0 Å². The predicted octanol–water partition coefficient (Wildman–Crippen LogP) is 3.60. The average molecular weight is 238 g/mol. The monoisotopic (exact) mass is 238 g/mol. The van der Waals surface area contributed by atoms with Crippen LogP contribution in [0, 0.1) is 6.92 Å². The number of phenols is 1. The number of phenolic OH excluding ortho intramolecular Hbond substituents is 1. The van der Waals surface area contributed by atoms with Crippen LogP contribution in [0.4, 0.5) is 0 Å². The number of ketones is 1. The Balaban J connectivity index is 2.20. The van der Waals surface area contributed by atoms with Crippen LogP contribution in [-0.4, -0.2) is 10.9 Å². The van der Waals surface area contributed by atoms with Crippen molar-refractivity contribution in [3.63, 3.8) is 0 Å². The van der Waals surface area contributed by atoms with Gasteiger partial charge in [0.05, 0.1) is 5.56 Å². The lowest BCUT2D eigenvalue weighted by atomic mass is 10.1. The first-order chi connectivity index (χ1) is 8.66. The van der Waals surface area contributed by atoms with E-state index in [1.165, 1.54) is 6.08 Å². The largest absolute Gasteiger partial charge is 0.507 e. The Morgan fingerprint density at radius 2 is 1.83 bits per heavy atom. The molecular weight excluding hydrogens is 224 g/mol. The van der Waals surface area contributed by atoms with E-state index in [-0.39, 0.29) is 11.5 Å². The van der Waals surface area contributed by atoms with Crippen molar-refractivity contribution in [3.05, 3.63) is 71.3 Å². The van der Waals surface area contributed by atoms with Gasteiger partial charge in [0.25, 0.3) is 0 Å². The third kappa shape index (κ3) is 2.86. The van der Waals surface area contributed by atoms with Crippen molar-refractivity contribution < 1.29 is 9.90 Å². The van der Waals surface area contributed by atoms with Crippen molar-refractivity contribution in [1.29, 1.82) is 0 Å². The van der Waals surface area contributed by atoms with E-state index in [4.69, 9.17) is 0 Å². The molecule has 2 nitrogen and oxygen atoms in total. The maximum atomic E-state index is 11.9. The number of benzene rings is 2. The Kier molecular flexibility index (Phi) is 3.58. The fraction of sp³-hybridized carbons (Fsp3) is 0.0625. The molecule has 2 aromatic carbocycles. The second kappa shape index (κ2) is 5.32. The van der Waals surface area contributed by atoms with Crippen LogP contribution in [0.2, 0.25) is 0 Å². The molecule has 0 unspecified atom stereocenters. The van der Waals surface area contributed by atoms with E-state index >= 15 is 0 Å². The summed E-state index contributed by atoms with van der Waals surface area (Å²) in [5.74, 6) is -0.172. The molecule has 2 heteroatoms. The number of hydrogen-bond donors (Lipinski definition) is 1. The third-order valence-electron chi connectivity index (χ3n) is 2.65. The fourth-order valence-electron chi connectivity index (χ4n) is 1.68. The highest BCUT2D eigenvalue weighted by atomic mass is 16.3. The van der Waals surface area contributed by atoms with Crippen molar-refractivity contribution in [2.24, 2.45) is 0 Å². The Bertz CT molecular complexity index is 583. The van der Waals surface area contributed by atoms with Crippen LogP contribution in [0.1, 0.15) is 21.5 Å². The van der Waals surface area contributed by atoms with E-state index in [9.17, 15) is 9.90 Å². The Hall–Kier alpha value is -2.35. The SMILES string of the molecule is Cc1ccc(C(=O)C=Cc2ccccc2)c(O)c1. The Morgan fingerprint density at radius 3 is 2.50 bits per heavy atom. The fourth-order valence-corrected chi connectivity index (χ4v) is 1.68. The normalized spacial score (nSPS) is 10.7. The van der Waals surface area contributed by atoms with E-state index in [0.717, 1.165) is 11.1 Å². The lowest BCUT2D eigenvalue weighted by Crippen LogP contribution is -1.95. The van der Waals surface area contributed by atoms with Crippen molar-refractivity contribution in [2.45, 2.75) is 6.92 Å². The molecule has 0 atom stereocenters. The van der Waals surface area contributed by atoms with E-state index < -0.39 is 0 Å². The van der Waals surface area contributed by atoms with Crippen LogP contribution in [0.5, 0.6) is 5.75 Å². The summed E-state index contributed by atoms with van der Waals surface area (Å²) >= 11 is 0. The lowest BCUT2D eigenvalue weighted by molar-refractivity contribution is 0.104. The first-order valence-electron chi connectivity index (χ1n) is 5.74. The Morgan fingerprint density at radius 1 is 1.11 bits per heavy atom. The predicted molar refractivity (Wildman–Crippen MR) is 72.7 cm³/mol. The van der Waals surface area contributed by atoms with Crippen molar-refractivity contribution >= 4 is 11.9 Å². The van der Waals surface area contributed by atoms with Gasteiger partial charge in [-0.05, 0) is 36.3 Å². The van der Waals surface area contributed by atoms with Crippen LogP contribution in [0.15, 0.2) is 54.6 Å². The molecule has 0 amide bonds. The van der Waals surface area contributed by atoms with Gasteiger partial charge in [-0.3, -0.25) is 4.79 Å². The second-order valence-corrected chi connectivity index (χ2v) is 4.13. The number of rotatable bonds is 3. The van der Waals surface area contributed by atoms with Crippen molar-refractivity contribution in [3.8, 4) is 5.75 Å². The molecule has 0 saturated carbocycles. The zero-order chi connectivity index (χ0) is 13.0. The molecule has 0 heterocycles. The standard InChI is InChI=1S/C16H14O2/c1-12-7-9-14(16(18)11-12)15(17)10-8-13-5-3-2-4-6-13/h2-11,18H,1H3. The highest BCUT2D eigenvalue weighted by Gasteiger charge is 2.07. The summed E-state index contributed by atoms with van der Waals surface area (Å²) < 4.78 is 0. The van der Waals surface area contributed by atoms with Gasteiger partial charge in [0.1, 0.15) is 5.75 Å². The molecule has 0 aliphatic carbocycles. The highest BCUT2D eigenvalue weighted by Crippen LogP contribution is 2.19. The van der Waals surface area contributed by atoms with Crippen molar-refractivity contribution in [2.75, 3.05) is 0 Å². The molecule has 1 N–H and O–H groups in total. The van der Waals surface area contributed by atoms with Crippen molar-refractivity contribution in [1.82, 2.24) is 0 Å². The number of aromatic hydroxyl groups is 1. The van der Waals surface area contributed by atoms with E-state index in [0.29, 0.717) is 5.56 Å². The van der Waals surface area contributed by atoms with Crippen LogP contribution in [0.3, 0.4) is 0 Å². The van der Waals surface area contributed by atoms with Gasteiger partial charge in [0.2, 0.25) is 0 Å². The summed E-state index contributed by atoms with van der Waals surface area (Å²) in [7, 11) is 0. The minimum Gasteiger partial charge on any atom is -0.507 e. The van der Waals surface area contributed by atoms with Crippen LogP contribution < -0.4 is 0 Å². The smallest absolute Gasteiger partial charge is 0.189 e. The molecule has 2 aromatic rings. The number of carbonyl (C=O) groups is 1. The average Bonchev–Trinajstić information content (AvgIpc) is 2.37. The molecule has 2 rings (SSSR count). The van der Waals surface area contributed by atoms with Gasteiger partial charge in [0.15, 0.2) is 5.78 Å². The summed E-state index contributed by atoms with van der Waals surface area (Å²) in [4.78, 5) is 11.9. The highest BCUT2D eigenvalue weighted by molar-refractivity contribution is 6.08. The van der Waals surface area contributed by atoms with Gasteiger partial charge in [-0.1, -0.05) is 42.5 Å². The molecule has 18 heavy (non-hydrogen) atoms. The Labute approximate surface area is 106 Å². The quantitative estimate of drug-likeness (QED) is 0.655. The number of aryl methyl sites for hydroxylation is 1. The number of carbonyl (C=O) groups excluding carboxylic acids is 1. The molecule has 0 spiro atoms. The van der Waals surface area contributed by atoms with Gasteiger partial charge < -0.3 is 5.11 Å². The molecule has 0 aliphatic heterocycles. The van der Waals surface area contributed by atoms with E-state index in [2.05, 4.69) is 0 Å². The van der Waals surface area contributed by atoms with Gasteiger partial charge in [-0.15, -0.1) is 0 Å². The van der Waals surface area contributed by atoms with Gasteiger partial charge in [-0.25, -0.2) is 0 Å². The maximum absolute atomic E-state index is 11.9. The van der Waals surface area contributed by atoms with Crippen LogP contribution in [-0.2, 0) is 0 Å². The summed E-state index contributed by atoms with van der Waals surface area (Å²) in [5.41, 5.74) is 2.21. The second-order valence-electron chi connectivity index (χ2n) is 4.13. The molecule has 0 fully saturated rings. The topological polar surface area (TPSA) is 37.3 Å². The first-order valence-corrected chi connectivity index (χ1v) is 5.74. The van der Waals surface area contributed by atoms with Gasteiger partial charge >= 0.3 is 0 Å². The van der Waals surface area contributed by atoms with Crippen LogP contribution in [0.25, 0.3) is 6.08 Å². The number of allylic oxidation sites excluding steroid dienone is 1. The molecule has 0 radical (unpaired) electrons. The molecule has 0 aliphatic rings. The summed E-state index contributed by atoms with van der Waals surface area (Å²) in [6, 6.07) is 14.6.